The van der Waals surface area contributed by atoms with Crippen molar-refractivity contribution in [2.45, 2.75) is 0 Å². The number of H-pyrrole nitrogens is 1. The maximum absolute atomic E-state index is 5.76. The highest BCUT2D eigenvalue weighted by Crippen LogP contribution is 2.26. The van der Waals surface area contributed by atoms with Crippen molar-refractivity contribution in [3.8, 4) is 22.6 Å². The van der Waals surface area contributed by atoms with Gasteiger partial charge in [0, 0.05) is 12.6 Å². The Morgan fingerprint density at radius 2 is 1.95 bits per heavy atom. The van der Waals surface area contributed by atoms with Crippen LogP contribution in [0.3, 0.4) is 0 Å². The fourth-order valence-electron chi connectivity index (χ4n) is 2.28. The Kier molecular flexibility index (Phi) is 2.53. The van der Waals surface area contributed by atoms with E-state index in [1.165, 1.54) is 0 Å². The predicted octanol–water partition coefficient (Wildman–Crippen LogP) is 3.03. The van der Waals surface area contributed by atoms with Crippen molar-refractivity contribution in [3.05, 3.63) is 49.2 Å². The lowest BCUT2D eigenvalue weighted by atomic mass is 10.1. The molecular formula is C15H13N5O. The molecule has 0 unspecified atom stereocenters. The fraction of sp³-hybridized carbons (Fsp3) is 0.0667. The number of imidazole rings is 2. The minimum atomic E-state index is 0.576. The lowest BCUT2D eigenvalue weighted by molar-refractivity contribution is 0.610. The number of nitrogens with zero attached hydrogens (tertiary/aromatic N) is 3. The zero-order valence-electron chi connectivity index (χ0n) is 11.4. The number of oxazole rings is 1. The summed E-state index contributed by atoms with van der Waals surface area (Å²) < 4.78 is 7.62. The molecule has 0 saturated carbocycles. The molecule has 0 spiro atoms. The summed E-state index contributed by atoms with van der Waals surface area (Å²) in [6.45, 7) is 0. The van der Waals surface area contributed by atoms with Crippen LogP contribution < -0.4 is 5.32 Å². The summed E-state index contributed by atoms with van der Waals surface area (Å²) in [6, 6.07) is 8.11. The van der Waals surface area contributed by atoms with E-state index in [-0.39, 0.29) is 0 Å². The van der Waals surface area contributed by atoms with Gasteiger partial charge in [0.05, 0.1) is 30.6 Å². The number of rotatable bonds is 3. The summed E-state index contributed by atoms with van der Waals surface area (Å²) in [6.07, 6.45) is 7.29. The molecule has 1 aromatic carbocycles. The number of hydrogen-bond acceptors (Lipinski definition) is 4. The second-order valence-electron chi connectivity index (χ2n) is 4.70. The van der Waals surface area contributed by atoms with E-state index in [1.54, 1.807) is 12.5 Å². The van der Waals surface area contributed by atoms with E-state index in [0.717, 1.165) is 28.4 Å². The van der Waals surface area contributed by atoms with Crippen molar-refractivity contribution < 1.29 is 4.42 Å². The molecule has 0 amide bonds. The SMILES string of the molecule is CNc1cn2cc(-c3ccc(-c4cnc[nH]4)cc3)oc2n1. The Hall–Kier alpha value is -3.02. The molecule has 0 bridgehead atoms. The van der Waals surface area contributed by atoms with Gasteiger partial charge in [-0.1, -0.05) is 24.3 Å². The molecule has 0 fully saturated rings. The van der Waals surface area contributed by atoms with Crippen molar-refractivity contribution in [1.29, 1.82) is 0 Å². The third-order valence-corrected chi connectivity index (χ3v) is 3.39. The molecule has 0 atom stereocenters. The number of aromatic amines is 1. The number of fused-ring (bicyclic) bond motifs is 1. The minimum absolute atomic E-state index is 0.576. The first-order valence-corrected chi connectivity index (χ1v) is 6.59. The summed E-state index contributed by atoms with van der Waals surface area (Å²) in [4.78, 5) is 11.4. The molecule has 6 heteroatoms. The molecule has 0 radical (unpaired) electrons. The molecule has 104 valence electrons. The standard InChI is InChI=1S/C15H13N5O/c1-16-14-8-20-7-13(21-15(20)19-14)11-4-2-10(3-5-11)12-6-17-9-18-12/h2-9,16H,1H3,(H,17,18). The van der Waals surface area contributed by atoms with E-state index in [0.29, 0.717) is 5.84 Å². The molecular weight excluding hydrogens is 266 g/mol. The Morgan fingerprint density at radius 3 is 2.62 bits per heavy atom. The van der Waals surface area contributed by atoms with Crippen molar-refractivity contribution in [2.24, 2.45) is 0 Å². The van der Waals surface area contributed by atoms with E-state index in [4.69, 9.17) is 4.42 Å². The number of nitrogens with one attached hydrogen (secondary N) is 2. The molecule has 0 aliphatic carbocycles. The highest BCUT2D eigenvalue weighted by atomic mass is 16.4. The molecule has 4 aromatic rings. The van der Waals surface area contributed by atoms with Crippen LogP contribution in [0.15, 0.2) is 53.6 Å². The van der Waals surface area contributed by atoms with Crippen molar-refractivity contribution in [1.82, 2.24) is 19.4 Å². The van der Waals surface area contributed by atoms with Crippen LogP contribution in [-0.4, -0.2) is 26.4 Å². The first-order chi connectivity index (χ1) is 10.3. The van der Waals surface area contributed by atoms with Crippen LogP contribution in [0, 0.1) is 0 Å². The topological polar surface area (TPSA) is 71.2 Å². The summed E-state index contributed by atoms with van der Waals surface area (Å²) in [5.41, 5.74) is 3.09. The normalized spacial score (nSPS) is 11.1. The number of anilines is 1. The molecule has 4 rings (SSSR count). The largest absolute Gasteiger partial charge is 0.423 e. The van der Waals surface area contributed by atoms with E-state index in [1.807, 2.05) is 48.1 Å². The van der Waals surface area contributed by atoms with Gasteiger partial charge in [-0.25, -0.2) is 4.98 Å². The molecule has 0 aliphatic heterocycles. The zero-order valence-corrected chi connectivity index (χ0v) is 11.4. The number of benzene rings is 1. The highest BCUT2D eigenvalue weighted by molar-refractivity contribution is 5.66. The lowest BCUT2D eigenvalue weighted by Gasteiger charge is -1.99. The predicted molar refractivity (Wildman–Crippen MR) is 80.0 cm³/mol. The molecule has 6 nitrogen and oxygen atoms in total. The van der Waals surface area contributed by atoms with Gasteiger partial charge in [0.2, 0.25) is 0 Å². The second kappa shape index (κ2) is 4.52. The van der Waals surface area contributed by atoms with Crippen LogP contribution in [0.25, 0.3) is 28.4 Å². The van der Waals surface area contributed by atoms with Crippen LogP contribution in [0.2, 0.25) is 0 Å². The Bertz CT molecular complexity index is 839. The summed E-state index contributed by atoms with van der Waals surface area (Å²) >= 11 is 0. The minimum Gasteiger partial charge on any atom is -0.423 e. The van der Waals surface area contributed by atoms with E-state index >= 15 is 0 Å². The average Bonchev–Trinajstić information content (AvgIpc) is 3.22. The number of hydrogen-bond donors (Lipinski definition) is 2. The Morgan fingerprint density at radius 1 is 1.14 bits per heavy atom. The lowest BCUT2D eigenvalue weighted by Crippen LogP contribution is -1.86. The Balaban J connectivity index is 1.69. The fourth-order valence-corrected chi connectivity index (χ4v) is 2.28. The molecule has 0 saturated heterocycles. The quantitative estimate of drug-likeness (QED) is 0.604. The van der Waals surface area contributed by atoms with Gasteiger partial charge in [0.15, 0.2) is 5.76 Å². The van der Waals surface area contributed by atoms with E-state index in [2.05, 4.69) is 20.3 Å². The smallest absolute Gasteiger partial charge is 0.308 e. The first-order valence-electron chi connectivity index (χ1n) is 6.59. The molecule has 2 N–H and O–H groups in total. The van der Waals surface area contributed by atoms with E-state index < -0.39 is 0 Å². The Labute approximate surface area is 120 Å². The highest BCUT2D eigenvalue weighted by Gasteiger charge is 2.09. The van der Waals surface area contributed by atoms with Crippen LogP contribution in [-0.2, 0) is 0 Å². The summed E-state index contributed by atoms with van der Waals surface area (Å²) in [5, 5.41) is 2.98. The molecule has 3 aromatic heterocycles. The molecule has 21 heavy (non-hydrogen) atoms. The first kappa shape index (κ1) is 11.8. The third kappa shape index (κ3) is 1.97. The van der Waals surface area contributed by atoms with Crippen molar-refractivity contribution in [3.63, 3.8) is 0 Å². The van der Waals surface area contributed by atoms with Gasteiger partial charge in [-0.2, -0.15) is 4.98 Å². The van der Waals surface area contributed by atoms with Crippen LogP contribution >= 0.6 is 0 Å². The summed E-state index contributed by atoms with van der Waals surface area (Å²) in [7, 11) is 1.83. The average molecular weight is 279 g/mol. The van der Waals surface area contributed by atoms with E-state index in [9.17, 15) is 0 Å². The zero-order chi connectivity index (χ0) is 14.2. The van der Waals surface area contributed by atoms with Crippen LogP contribution in [0.4, 0.5) is 5.82 Å². The number of aromatic nitrogens is 4. The van der Waals surface area contributed by atoms with Gasteiger partial charge in [-0.15, -0.1) is 0 Å². The maximum atomic E-state index is 5.76. The van der Waals surface area contributed by atoms with Crippen LogP contribution in [0.5, 0.6) is 0 Å². The van der Waals surface area contributed by atoms with Crippen molar-refractivity contribution >= 4 is 11.7 Å². The van der Waals surface area contributed by atoms with Gasteiger partial charge in [-0.3, -0.25) is 4.40 Å². The van der Waals surface area contributed by atoms with Gasteiger partial charge in [0.1, 0.15) is 5.82 Å². The van der Waals surface area contributed by atoms with Gasteiger partial charge >= 0.3 is 5.84 Å². The third-order valence-electron chi connectivity index (χ3n) is 3.39. The van der Waals surface area contributed by atoms with Gasteiger partial charge in [-0.05, 0) is 5.56 Å². The summed E-state index contributed by atoms with van der Waals surface area (Å²) in [5.74, 6) is 2.15. The maximum Gasteiger partial charge on any atom is 0.308 e. The monoisotopic (exact) mass is 279 g/mol. The molecule has 0 aliphatic rings. The van der Waals surface area contributed by atoms with Crippen molar-refractivity contribution in [2.75, 3.05) is 12.4 Å². The second-order valence-corrected chi connectivity index (χ2v) is 4.70. The van der Waals surface area contributed by atoms with Gasteiger partial charge < -0.3 is 14.7 Å². The molecule has 3 heterocycles. The van der Waals surface area contributed by atoms with Gasteiger partial charge in [0.25, 0.3) is 0 Å². The van der Waals surface area contributed by atoms with Crippen LogP contribution in [0.1, 0.15) is 0 Å².